The van der Waals surface area contributed by atoms with E-state index in [0.29, 0.717) is 30.3 Å². The van der Waals surface area contributed by atoms with Gasteiger partial charge in [-0.15, -0.1) is 10.2 Å². The van der Waals surface area contributed by atoms with Gasteiger partial charge >= 0.3 is 10.6 Å². The number of nitrogens with zero attached hydrogens (tertiary/aromatic N) is 7. The van der Waals surface area contributed by atoms with Crippen molar-refractivity contribution in [3.8, 4) is 17.1 Å². The van der Waals surface area contributed by atoms with Crippen LogP contribution >= 0.6 is 10.4 Å². The number of pyridine rings is 1. The molecule has 1 aliphatic heterocycles. The molecule has 1 aromatic carbocycles. The third kappa shape index (κ3) is 4.88. The number of benzene rings is 1. The fourth-order valence-electron chi connectivity index (χ4n) is 3.72. The second-order valence-electron chi connectivity index (χ2n) is 7.82. The van der Waals surface area contributed by atoms with E-state index in [9.17, 15) is 19.8 Å². The molecule has 2 aromatic heterocycles. The minimum absolute atomic E-state index is 0.170. The van der Waals surface area contributed by atoms with Gasteiger partial charge in [-0.05, 0) is 54.8 Å². The lowest BCUT2D eigenvalue weighted by atomic mass is 10.2. The summed E-state index contributed by atoms with van der Waals surface area (Å²) < 4.78 is 8.44. The Morgan fingerprint density at radius 1 is 1.06 bits per heavy atom. The number of nitrogen functional groups attached to an aromatic ring is 1. The van der Waals surface area contributed by atoms with Crippen LogP contribution < -0.4 is 14.8 Å². The molecule has 1 aliphatic rings. The van der Waals surface area contributed by atoms with E-state index in [1.165, 1.54) is 44.1 Å². The van der Waals surface area contributed by atoms with Crippen LogP contribution in [-0.2, 0) is 7.05 Å². The Hall–Kier alpha value is -4.33. The molecular formula is C22H26N8O5S. The number of ether oxygens (including phenoxy) is 1. The van der Waals surface area contributed by atoms with Crippen LogP contribution in [0.3, 0.4) is 0 Å². The zero-order valence-corrected chi connectivity index (χ0v) is 20.3. The smallest absolute Gasteiger partial charge is 0.393 e. The first-order valence-electron chi connectivity index (χ1n) is 11.0. The maximum Gasteiger partial charge on any atom is 0.393 e. The normalized spacial score (nSPS) is 15.1. The van der Waals surface area contributed by atoms with Gasteiger partial charge in [-0.3, -0.25) is 4.31 Å². The number of hydrogen-bond acceptors (Lipinski definition) is 10. The van der Waals surface area contributed by atoms with Gasteiger partial charge in [0.1, 0.15) is 22.0 Å². The van der Waals surface area contributed by atoms with E-state index in [4.69, 9.17) is 10.5 Å². The van der Waals surface area contributed by atoms with Crippen molar-refractivity contribution in [2.45, 2.75) is 19.3 Å². The molecule has 0 saturated heterocycles. The largest absolute Gasteiger partial charge is 0.494 e. The molecule has 3 aromatic rings. The molecule has 0 fully saturated rings. The molecule has 4 rings (SSSR count). The topological polar surface area (TPSA) is 173 Å². The highest BCUT2D eigenvalue weighted by Crippen LogP contribution is 2.61. The number of hydrogen-bond donors (Lipinski definition) is 3. The molecule has 13 nitrogen and oxygen atoms in total. The van der Waals surface area contributed by atoms with Crippen LogP contribution in [-0.4, -0.2) is 63.5 Å². The highest BCUT2D eigenvalue weighted by Gasteiger charge is 2.53. The number of carboxylic acid groups (broad SMARTS) is 2. The van der Waals surface area contributed by atoms with Crippen molar-refractivity contribution in [3.63, 3.8) is 0 Å². The Morgan fingerprint density at radius 2 is 1.81 bits per heavy atom. The van der Waals surface area contributed by atoms with Crippen molar-refractivity contribution in [1.29, 1.82) is 0 Å². The van der Waals surface area contributed by atoms with Gasteiger partial charge in [-0.1, -0.05) is 0 Å². The van der Waals surface area contributed by atoms with E-state index in [1.807, 2.05) is 24.3 Å². The minimum atomic E-state index is -3.45. The zero-order valence-electron chi connectivity index (χ0n) is 19.5. The number of tetrazole rings is 1. The van der Waals surface area contributed by atoms with Gasteiger partial charge in [0.05, 0.1) is 19.3 Å². The number of aryl methyl sites for hydroxylation is 1. The van der Waals surface area contributed by atoms with Gasteiger partial charge in [0, 0.05) is 36.8 Å². The van der Waals surface area contributed by atoms with Crippen LogP contribution in [0, 0.1) is 0 Å². The van der Waals surface area contributed by atoms with Crippen LogP contribution in [0.15, 0.2) is 55.0 Å². The highest BCUT2D eigenvalue weighted by atomic mass is 32.3. The molecule has 3 heterocycles. The summed E-state index contributed by atoms with van der Waals surface area (Å²) in [5.41, 5.74) is 6.91. The third-order valence-electron chi connectivity index (χ3n) is 5.41. The first-order chi connectivity index (χ1) is 17.3. The van der Waals surface area contributed by atoms with Gasteiger partial charge < -0.3 is 25.0 Å². The Kier molecular flexibility index (Phi) is 7.24. The molecule has 4 N–H and O–H groups in total. The predicted molar refractivity (Wildman–Crippen MR) is 134 cm³/mol. The van der Waals surface area contributed by atoms with Crippen LogP contribution in [0.5, 0.6) is 5.75 Å². The van der Waals surface area contributed by atoms with E-state index in [2.05, 4.69) is 20.4 Å². The van der Waals surface area contributed by atoms with Crippen LogP contribution in [0.1, 0.15) is 19.3 Å². The van der Waals surface area contributed by atoms with Crippen molar-refractivity contribution in [1.82, 2.24) is 29.5 Å². The van der Waals surface area contributed by atoms with E-state index in [-0.39, 0.29) is 12.4 Å². The summed E-state index contributed by atoms with van der Waals surface area (Å²) in [6.07, 6.45) is 6.43. The van der Waals surface area contributed by atoms with Crippen LogP contribution in [0.25, 0.3) is 11.4 Å². The maximum atomic E-state index is 12.3. The molecular weight excluding hydrogens is 488 g/mol. The summed E-state index contributed by atoms with van der Waals surface area (Å²) in [6.45, 7) is 0.734. The van der Waals surface area contributed by atoms with E-state index in [0.717, 1.165) is 18.4 Å². The first-order valence-corrected chi connectivity index (χ1v) is 12.6. The predicted octanol–water partition coefficient (Wildman–Crippen LogP) is 3.69. The molecule has 0 saturated carbocycles. The average Bonchev–Trinajstić information content (AvgIpc) is 3.46. The Morgan fingerprint density at radius 3 is 2.44 bits per heavy atom. The summed E-state index contributed by atoms with van der Waals surface area (Å²) in [4.78, 5) is 29.9. The van der Waals surface area contributed by atoms with Gasteiger partial charge in [0.2, 0.25) is 5.82 Å². The molecule has 190 valence electrons. The molecule has 14 heteroatoms. The fourth-order valence-corrected chi connectivity index (χ4v) is 6.11. The molecule has 0 radical (unpaired) electrons. The van der Waals surface area contributed by atoms with E-state index < -0.39 is 21.0 Å². The number of carbonyl (C=O) groups is 2. The van der Waals surface area contributed by atoms with Gasteiger partial charge in [0.25, 0.3) is 0 Å². The quantitative estimate of drug-likeness (QED) is 0.354. The van der Waals surface area contributed by atoms with Crippen LogP contribution in [0.4, 0.5) is 21.1 Å². The maximum absolute atomic E-state index is 12.3. The number of rotatable bonds is 9. The lowest BCUT2D eigenvalue weighted by Gasteiger charge is -2.42. The molecule has 0 spiro atoms. The van der Waals surface area contributed by atoms with Crippen molar-refractivity contribution in [2.75, 3.05) is 23.2 Å². The van der Waals surface area contributed by atoms with Gasteiger partial charge in [0.15, 0.2) is 0 Å². The summed E-state index contributed by atoms with van der Waals surface area (Å²) in [7, 11) is -1.75. The molecule has 0 bridgehead atoms. The molecule has 0 amide bonds. The standard InChI is InChI=1S/C22H26N8O5S/c1-28-26-20(25-27-28)16-5-7-18(8-6-16)35-14-4-2-3-11-29-12-13-30(17-9-10-24-19(23)15-17)36(29,21(31)32)22(33)34/h5-10,12-13,15H,2-4,11,14H2,1H3,(H2,23,24)(H,31,32)(H,33,34). The third-order valence-corrected chi connectivity index (χ3v) is 8.27. The summed E-state index contributed by atoms with van der Waals surface area (Å²) >= 11 is 0. The molecule has 36 heavy (non-hydrogen) atoms. The SMILES string of the molecule is Cn1nnc(-c2ccc(OCCCCCN3C=CN(c4ccnc(N)c4)S3(C(=O)O)C(=O)O)cc2)n1. The first kappa shape index (κ1) is 24.8. The molecule has 0 atom stereocenters. The second-order valence-corrected chi connectivity index (χ2v) is 10.5. The summed E-state index contributed by atoms with van der Waals surface area (Å²) in [5, 5.41) is 29.1. The average molecular weight is 515 g/mol. The van der Waals surface area contributed by atoms with Crippen molar-refractivity contribution in [2.24, 2.45) is 7.05 Å². The number of anilines is 2. The fraction of sp³-hybridized carbons (Fsp3) is 0.273. The van der Waals surface area contributed by atoms with Gasteiger partial charge in [-0.25, -0.2) is 14.6 Å². The molecule has 0 aliphatic carbocycles. The second kappa shape index (κ2) is 10.5. The molecule has 0 unspecified atom stereocenters. The van der Waals surface area contributed by atoms with E-state index in [1.54, 1.807) is 7.05 Å². The zero-order chi connectivity index (χ0) is 25.7. The summed E-state index contributed by atoms with van der Waals surface area (Å²) in [6, 6.07) is 10.4. The number of nitrogens with two attached hydrogens (primary N) is 1. The van der Waals surface area contributed by atoms with Crippen LogP contribution in [0.2, 0.25) is 0 Å². The highest BCUT2D eigenvalue weighted by molar-refractivity contribution is 8.54. The lowest BCUT2D eigenvalue weighted by Crippen LogP contribution is -2.39. The van der Waals surface area contributed by atoms with Gasteiger partial charge in [-0.2, -0.15) is 4.80 Å². The Balaban J connectivity index is 1.30. The monoisotopic (exact) mass is 514 g/mol. The van der Waals surface area contributed by atoms with E-state index >= 15 is 0 Å². The van der Waals surface area contributed by atoms with Crippen molar-refractivity contribution in [3.05, 3.63) is 55.0 Å². The Labute approximate surface area is 208 Å². The van der Waals surface area contributed by atoms with Crippen molar-refractivity contribution < 1.29 is 24.5 Å². The Bertz CT molecular complexity index is 1250. The number of unbranched alkanes of at least 4 members (excludes halogenated alkanes) is 2. The lowest BCUT2D eigenvalue weighted by molar-refractivity contribution is 0.213. The minimum Gasteiger partial charge on any atom is -0.494 e. The van der Waals surface area contributed by atoms with Crippen molar-refractivity contribution >= 4 is 32.5 Å². The summed E-state index contributed by atoms with van der Waals surface area (Å²) in [5.74, 6) is 1.41. The number of aromatic nitrogens is 5.